The van der Waals surface area contributed by atoms with Crippen LogP contribution in [-0.2, 0) is 0 Å². The number of fused-ring (bicyclic) bond motifs is 3. The minimum Gasteiger partial charge on any atom is -0.469 e. The topological polar surface area (TPSA) is 80.8 Å². The lowest BCUT2D eigenvalue weighted by Crippen LogP contribution is -2.43. The normalized spacial score (nSPS) is 20.5. The zero-order valence-electron chi connectivity index (χ0n) is 14.4. The van der Waals surface area contributed by atoms with Crippen LogP contribution in [-0.4, -0.2) is 9.93 Å². The first-order valence-electron chi connectivity index (χ1n) is 8.61. The van der Waals surface area contributed by atoms with E-state index < -0.39 is 11.2 Å². The highest BCUT2D eigenvalue weighted by atomic mass is 35.5. The first kappa shape index (κ1) is 16.9. The molecule has 1 N–H and O–H groups in total. The van der Waals surface area contributed by atoms with Crippen LogP contribution in [0.15, 0.2) is 71.4 Å². The summed E-state index contributed by atoms with van der Waals surface area (Å²) in [6.07, 6.45) is 3.18. The number of nitro benzene ring substituents is 1. The second-order valence-electron chi connectivity index (χ2n) is 6.52. The van der Waals surface area contributed by atoms with Crippen LogP contribution in [0.4, 0.5) is 5.69 Å². The van der Waals surface area contributed by atoms with Crippen molar-refractivity contribution < 1.29 is 14.1 Å². The van der Waals surface area contributed by atoms with Crippen molar-refractivity contribution in [1.82, 2.24) is 10.4 Å². The molecule has 5 rings (SSSR count). The number of rotatable bonds is 3. The summed E-state index contributed by atoms with van der Waals surface area (Å²) in [6, 6.07) is 15.4. The van der Waals surface area contributed by atoms with Crippen molar-refractivity contribution in [1.29, 1.82) is 0 Å². The Morgan fingerprint density at radius 2 is 1.96 bits per heavy atom. The number of nitro groups is 1. The third kappa shape index (κ3) is 2.72. The van der Waals surface area contributed by atoms with Crippen LogP contribution in [0.2, 0.25) is 5.02 Å². The molecule has 8 heteroatoms. The van der Waals surface area contributed by atoms with Gasteiger partial charge in [0, 0.05) is 28.3 Å². The Bertz CT molecular complexity index is 1080. The molecule has 0 saturated carbocycles. The predicted octanol–water partition coefficient (Wildman–Crippen LogP) is 4.83. The van der Waals surface area contributed by atoms with Gasteiger partial charge in [-0.05, 0) is 48.5 Å². The molecule has 140 valence electrons. The fraction of sp³-hybridized carbons (Fsp3) is 0.100. The number of ether oxygens (including phenoxy) is 1. The summed E-state index contributed by atoms with van der Waals surface area (Å²) in [7, 11) is 0. The van der Waals surface area contributed by atoms with E-state index in [-0.39, 0.29) is 11.7 Å². The lowest BCUT2D eigenvalue weighted by Gasteiger charge is -2.38. The molecule has 0 spiro atoms. The van der Waals surface area contributed by atoms with Gasteiger partial charge in [0.05, 0.1) is 22.9 Å². The van der Waals surface area contributed by atoms with Crippen LogP contribution >= 0.6 is 11.6 Å². The maximum Gasteiger partial charge on any atom is 0.269 e. The molecule has 0 saturated heterocycles. The van der Waals surface area contributed by atoms with E-state index in [1.807, 2.05) is 29.3 Å². The van der Waals surface area contributed by atoms with Crippen molar-refractivity contribution in [2.24, 2.45) is 0 Å². The zero-order chi connectivity index (χ0) is 19.3. The maximum absolute atomic E-state index is 11.0. The largest absolute Gasteiger partial charge is 0.469 e. The van der Waals surface area contributed by atoms with E-state index in [9.17, 15) is 10.1 Å². The molecular formula is C20H14ClN3O4. The van der Waals surface area contributed by atoms with Crippen LogP contribution in [0.1, 0.15) is 29.2 Å². The van der Waals surface area contributed by atoms with Gasteiger partial charge in [-0.15, -0.1) is 0 Å². The summed E-state index contributed by atoms with van der Waals surface area (Å²) in [5.74, 6) is 1.42. The zero-order valence-corrected chi connectivity index (χ0v) is 15.2. The van der Waals surface area contributed by atoms with Crippen molar-refractivity contribution in [2.45, 2.75) is 12.3 Å². The third-order valence-corrected chi connectivity index (χ3v) is 5.07. The van der Waals surface area contributed by atoms with E-state index in [0.29, 0.717) is 16.5 Å². The van der Waals surface area contributed by atoms with Gasteiger partial charge < -0.3 is 14.6 Å². The van der Waals surface area contributed by atoms with Crippen LogP contribution in [0.5, 0.6) is 5.75 Å². The number of non-ortho nitro benzene ring substituents is 1. The molecule has 2 atom stereocenters. The predicted molar refractivity (Wildman–Crippen MR) is 102 cm³/mol. The van der Waals surface area contributed by atoms with E-state index in [1.54, 1.807) is 24.5 Å². The first-order valence-corrected chi connectivity index (χ1v) is 8.99. The number of hydrogen-bond donors (Lipinski definition) is 1. The van der Waals surface area contributed by atoms with E-state index in [2.05, 4.69) is 11.5 Å². The fourth-order valence-corrected chi connectivity index (χ4v) is 3.70. The van der Waals surface area contributed by atoms with Crippen molar-refractivity contribution in [3.05, 3.63) is 99.0 Å². The first-order chi connectivity index (χ1) is 13.6. The maximum atomic E-state index is 11.0. The van der Waals surface area contributed by atoms with Gasteiger partial charge in [-0.3, -0.25) is 10.1 Å². The number of nitrogens with one attached hydrogen (secondary N) is 1. The number of benzene rings is 2. The molecule has 0 amide bonds. The van der Waals surface area contributed by atoms with Gasteiger partial charge in [-0.1, -0.05) is 11.6 Å². The highest BCUT2D eigenvalue weighted by Crippen LogP contribution is 2.46. The number of halogens is 1. The molecular weight excluding hydrogens is 382 g/mol. The number of nitrogens with zero attached hydrogens (tertiary/aromatic N) is 2. The molecule has 0 bridgehead atoms. The quantitative estimate of drug-likeness (QED) is 0.505. The molecule has 28 heavy (non-hydrogen) atoms. The van der Waals surface area contributed by atoms with Gasteiger partial charge in [0.25, 0.3) is 5.69 Å². The second-order valence-corrected chi connectivity index (χ2v) is 6.96. The SMILES string of the molecule is O=[N+]([O-])c1ccc(C2Oc3ccc(Cl)cc3C3C=C(c4ccco4)NN32)cc1. The number of hydrazine groups is 1. The molecule has 0 radical (unpaired) electrons. The van der Waals surface area contributed by atoms with Gasteiger partial charge in [0.1, 0.15) is 5.75 Å². The molecule has 2 aliphatic heterocycles. The smallest absolute Gasteiger partial charge is 0.269 e. The fourth-order valence-electron chi connectivity index (χ4n) is 3.52. The summed E-state index contributed by atoms with van der Waals surface area (Å²) in [5.41, 5.74) is 5.91. The van der Waals surface area contributed by atoms with Crippen LogP contribution in [0.25, 0.3) is 5.70 Å². The van der Waals surface area contributed by atoms with Crippen LogP contribution in [0.3, 0.4) is 0 Å². The Balaban J connectivity index is 1.57. The number of hydrogen-bond acceptors (Lipinski definition) is 6. The van der Waals surface area contributed by atoms with Gasteiger partial charge in [-0.25, -0.2) is 0 Å². The van der Waals surface area contributed by atoms with E-state index in [0.717, 1.165) is 16.8 Å². The Hall–Kier alpha value is -3.29. The minimum absolute atomic E-state index is 0.0343. The number of furan rings is 1. The summed E-state index contributed by atoms with van der Waals surface area (Å²) >= 11 is 6.21. The molecule has 2 aliphatic rings. The van der Waals surface area contributed by atoms with Crippen molar-refractivity contribution in [3.63, 3.8) is 0 Å². The van der Waals surface area contributed by atoms with E-state index >= 15 is 0 Å². The third-order valence-electron chi connectivity index (χ3n) is 4.83. The average Bonchev–Trinajstić information content (AvgIpc) is 3.37. The van der Waals surface area contributed by atoms with Crippen LogP contribution < -0.4 is 10.2 Å². The molecule has 3 heterocycles. The summed E-state index contributed by atoms with van der Waals surface area (Å²) < 4.78 is 11.7. The van der Waals surface area contributed by atoms with Gasteiger partial charge in [-0.2, -0.15) is 5.01 Å². The molecule has 2 aromatic carbocycles. The highest BCUT2D eigenvalue weighted by Gasteiger charge is 2.40. The Morgan fingerprint density at radius 3 is 2.68 bits per heavy atom. The molecule has 7 nitrogen and oxygen atoms in total. The standard InChI is InChI=1S/C20H14ClN3O4/c21-13-5-8-18-15(10-13)17-11-16(19-2-1-9-27-19)22-23(17)20(28-18)12-3-6-14(7-4-12)24(25)26/h1-11,17,20,22H. The van der Waals surface area contributed by atoms with Gasteiger partial charge >= 0.3 is 0 Å². The Kier molecular flexibility index (Phi) is 3.85. The Morgan fingerprint density at radius 1 is 1.14 bits per heavy atom. The van der Waals surface area contributed by atoms with E-state index in [4.69, 9.17) is 20.8 Å². The Labute approximate surface area is 164 Å². The van der Waals surface area contributed by atoms with Crippen molar-refractivity contribution >= 4 is 23.0 Å². The van der Waals surface area contributed by atoms with Crippen molar-refractivity contribution in [3.8, 4) is 5.75 Å². The monoisotopic (exact) mass is 395 g/mol. The molecule has 0 fully saturated rings. The second kappa shape index (κ2) is 6.40. The van der Waals surface area contributed by atoms with E-state index in [1.165, 1.54) is 12.1 Å². The molecule has 2 unspecified atom stereocenters. The van der Waals surface area contributed by atoms with Gasteiger partial charge in [0.15, 0.2) is 12.0 Å². The average molecular weight is 396 g/mol. The van der Waals surface area contributed by atoms with Crippen LogP contribution in [0, 0.1) is 10.1 Å². The lowest BCUT2D eigenvalue weighted by molar-refractivity contribution is -0.384. The summed E-state index contributed by atoms with van der Waals surface area (Å²) in [5, 5.41) is 13.5. The molecule has 0 aliphatic carbocycles. The lowest BCUT2D eigenvalue weighted by atomic mass is 10.0. The van der Waals surface area contributed by atoms with Gasteiger partial charge in [0.2, 0.25) is 0 Å². The summed E-state index contributed by atoms with van der Waals surface area (Å²) in [6.45, 7) is 0. The molecule has 3 aromatic rings. The minimum atomic E-state index is -0.483. The van der Waals surface area contributed by atoms with Crippen molar-refractivity contribution in [2.75, 3.05) is 0 Å². The summed E-state index contributed by atoms with van der Waals surface area (Å²) in [4.78, 5) is 10.5. The molecule has 1 aromatic heterocycles. The highest BCUT2D eigenvalue weighted by molar-refractivity contribution is 6.30.